The normalized spacial score (nSPS) is 12.3. The summed E-state index contributed by atoms with van der Waals surface area (Å²) in [6.07, 6.45) is 21.5. The Bertz CT molecular complexity index is 304. The standard InChI is InChI=1S/C24H48O3/c1-4-7-9-10-11-12-13-14-15-16-17-18-19-20-21-23(24(25)26-6-3)27-22-8-5-2/h23H,4-22H2,1-3H3. The molecule has 0 aromatic heterocycles. The number of esters is 1. The SMILES string of the molecule is CCCCCCCCCCCCCCCCC(OCCCC)C(=O)OCC. The van der Waals surface area contributed by atoms with Crippen molar-refractivity contribution in [3.05, 3.63) is 0 Å². The van der Waals surface area contributed by atoms with Crippen LogP contribution in [0.1, 0.15) is 130 Å². The molecule has 1 atom stereocenters. The molecule has 162 valence electrons. The molecule has 0 spiro atoms. The van der Waals surface area contributed by atoms with Gasteiger partial charge in [-0.05, 0) is 19.8 Å². The van der Waals surface area contributed by atoms with Crippen LogP contribution in [-0.4, -0.2) is 25.3 Å². The Morgan fingerprint density at radius 3 is 1.52 bits per heavy atom. The van der Waals surface area contributed by atoms with Gasteiger partial charge < -0.3 is 9.47 Å². The predicted molar refractivity (Wildman–Crippen MR) is 116 cm³/mol. The summed E-state index contributed by atoms with van der Waals surface area (Å²) in [5.41, 5.74) is 0. The largest absolute Gasteiger partial charge is 0.464 e. The van der Waals surface area contributed by atoms with E-state index in [1.165, 1.54) is 83.5 Å². The Hall–Kier alpha value is -0.570. The van der Waals surface area contributed by atoms with Gasteiger partial charge >= 0.3 is 5.97 Å². The molecule has 0 heterocycles. The van der Waals surface area contributed by atoms with Gasteiger partial charge in [0.2, 0.25) is 0 Å². The molecule has 0 aliphatic carbocycles. The lowest BCUT2D eigenvalue weighted by atomic mass is 10.0. The average Bonchev–Trinajstić information content (AvgIpc) is 2.67. The molecule has 0 bridgehead atoms. The molecule has 0 amide bonds. The van der Waals surface area contributed by atoms with Crippen molar-refractivity contribution in [2.75, 3.05) is 13.2 Å². The van der Waals surface area contributed by atoms with Crippen LogP contribution in [-0.2, 0) is 14.3 Å². The molecule has 27 heavy (non-hydrogen) atoms. The van der Waals surface area contributed by atoms with Crippen LogP contribution in [0, 0.1) is 0 Å². The van der Waals surface area contributed by atoms with Crippen LogP contribution in [0.5, 0.6) is 0 Å². The predicted octanol–water partition coefficient (Wildman–Crippen LogP) is 7.61. The molecule has 0 aliphatic heterocycles. The van der Waals surface area contributed by atoms with Crippen LogP contribution in [0.2, 0.25) is 0 Å². The minimum absolute atomic E-state index is 0.178. The Labute approximate surface area is 170 Å². The first-order chi connectivity index (χ1) is 13.3. The van der Waals surface area contributed by atoms with E-state index in [9.17, 15) is 4.79 Å². The van der Waals surface area contributed by atoms with Gasteiger partial charge in [0.25, 0.3) is 0 Å². The molecular weight excluding hydrogens is 336 g/mol. The van der Waals surface area contributed by atoms with Gasteiger partial charge in [0.15, 0.2) is 6.10 Å². The fourth-order valence-electron chi connectivity index (χ4n) is 3.40. The fraction of sp³-hybridized carbons (Fsp3) is 0.958. The Kier molecular flexibility index (Phi) is 21.3. The van der Waals surface area contributed by atoms with Crippen LogP contribution in [0.25, 0.3) is 0 Å². The van der Waals surface area contributed by atoms with E-state index in [4.69, 9.17) is 9.47 Å². The molecule has 0 rings (SSSR count). The Morgan fingerprint density at radius 2 is 1.07 bits per heavy atom. The molecule has 0 radical (unpaired) electrons. The van der Waals surface area contributed by atoms with E-state index >= 15 is 0 Å². The van der Waals surface area contributed by atoms with Crippen LogP contribution in [0.4, 0.5) is 0 Å². The van der Waals surface area contributed by atoms with Gasteiger partial charge in [-0.3, -0.25) is 0 Å². The zero-order valence-corrected chi connectivity index (χ0v) is 18.7. The number of ether oxygens (including phenoxy) is 2. The molecule has 0 N–H and O–H groups in total. The summed E-state index contributed by atoms with van der Waals surface area (Å²) in [5, 5.41) is 0. The maximum atomic E-state index is 12.0. The zero-order chi connectivity index (χ0) is 20.0. The Morgan fingerprint density at radius 1 is 0.630 bits per heavy atom. The third-order valence-corrected chi connectivity index (χ3v) is 5.19. The lowest BCUT2D eigenvalue weighted by Gasteiger charge is -2.16. The lowest BCUT2D eigenvalue weighted by molar-refractivity contribution is -0.157. The van der Waals surface area contributed by atoms with E-state index in [1.54, 1.807) is 0 Å². The molecule has 0 aromatic rings. The number of hydrogen-bond donors (Lipinski definition) is 0. The smallest absolute Gasteiger partial charge is 0.335 e. The van der Waals surface area contributed by atoms with Crippen molar-refractivity contribution in [3.8, 4) is 0 Å². The van der Waals surface area contributed by atoms with E-state index in [0.29, 0.717) is 13.2 Å². The topological polar surface area (TPSA) is 35.5 Å². The lowest BCUT2D eigenvalue weighted by Crippen LogP contribution is -2.27. The molecule has 0 saturated heterocycles. The summed E-state index contributed by atoms with van der Waals surface area (Å²) < 4.78 is 10.9. The summed E-state index contributed by atoms with van der Waals surface area (Å²) in [6, 6.07) is 0. The third-order valence-electron chi connectivity index (χ3n) is 5.19. The van der Waals surface area contributed by atoms with Gasteiger partial charge in [-0.15, -0.1) is 0 Å². The van der Waals surface area contributed by atoms with Crippen molar-refractivity contribution in [3.63, 3.8) is 0 Å². The Balaban J connectivity index is 3.49. The van der Waals surface area contributed by atoms with E-state index in [1.807, 2.05) is 6.92 Å². The van der Waals surface area contributed by atoms with Crippen molar-refractivity contribution in [2.24, 2.45) is 0 Å². The highest BCUT2D eigenvalue weighted by Crippen LogP contribution is 2.15. The fourth-order valence-corrected chi connectivity index (χ4v) is 3.40. The number of unbranched alkanes of at least 4 members (excludes halogenated alkanes) is 14. The van der Waals surface area contributed by atoms with Crippen LogP contribution in [0.15, 0.2) is 0 Å². The van der Waals surface area contributed by atoms with Crippen molar-refractivity contribution in [1.29, 1.82) is 0 Å². The number of rotatable bonds is 21. The van der Waals surface area contributed by atoms with E-state index < -0.39 is 0 Å². The maximum Gasteiger partial charge on any atom is 0.335 e. The number of hydrogen-bond acceptors (Lipinski definition) is 3. The van der Waals surface area contributed by atoms with Crippen LogP contribution >= 0.6 is 0 Å². The summed E-state index contributed by atoms with van der Waals surface area (Å²) in [5.74, 6) is -0.178. The second kappa shape index (κ2) is 21.7. The first kappa shape index (κ1) is 26.4. The molecule has 3 heteroatoms. The van der Waals surface area contributed by atoms with E-state index in [0.717, 1.165) is 25.7 Å². The quantitative estimate of drug-likeness (QED) is 0.151. The van der Waals surface area contributed by atoms with Crippen molar-refractivity contribution < 1.29 is 14.3 Å². The van der Waals surface area contributed by atoms with E-state index in [2.05, 4.69) is 13.8 Å². The third kappa shape index (κ3) is 18.6. The minimum Gasteiger partial charge on any atom is -0.464 e. The molecular formula is C24H48O3. The highest BCUT2D eigenvalue weighted by molar-refractivity contribution is 5.74. The monoisotopic (exact) mass is 384 g/mol. The van der Waals surface area contributed by atoms with Crippen molar-refractivity contribution >= 4 is 5.97 Å². The van der Waals surface area contributed by atoms with Gasteiger partial charge in [0.1, 0.15) is 0 Å². The van der Waals surface area contributed by atoms with Gasteiger partial charge in [0.05, 0.1) is 6.61 Å². The number of carbonyl (C=O) groups is 1. The van der Waals surface area contributed by atoms with Gasteiger partial charge in [-0.1, -0.05) is 110 Å². The molecule has 1 unspecified atom stereocenters. The molecule has 0 aliphatic rings. The molecule has 0 saturated carbocycles. The first-order valence-electron chi connectivity index (χ1n) is 12.0. The second-order valence-corrected chi connectivity index (χ2v) is 7.85. The van der Waals surface area contributed by atoms with Crippen LogP contribution < -0.4 is 0 Å². The molecule has 0 aromatic carbocycles. The molecule has 0 fully saturated rings. The highest BCUT2D eigenvalue weighted by atomic mass is 16.6. The zero-order valence-electron chi connectivity index (χ0n) is 18.7. The van der Waals surface area contributed by atoms with E-state index in [-0.39, 0.29) is 12.1 Å². The number of carbonyl (C=O) groups excluding carboxylic acids is 1. The summed E-state index contributed by atoms with van der Waals surface area (Å²) in [4.78, 5) is 12.0. The first-order valence-corrected chi connectivity index (χ1v) is 12.0. The molecule has 3 nitrogen and oxygen atoms in total. The summed E-state index contributed by atoms with van der Waals surface area (Å²) in [7, 11) is 0. The van der Waals surface area contributed by atoms with Gasteiger partial charge in [-0.25, -0.2) is 4.79 Å². The highest BCUT2D eigenvalue weighted by Gasteiger charge is 2.19. The second-order valence-electron chi connectivity index (χ2n) is 7.85. The van der Waals surface area contributed by atoms with Crippen molar-refractivity contribution in [2.45, 2.75) is 136 Å². The van der Waals surface area contributed by atoms with Gasteiger partial charge in [0, 0.05) is 6.61 Å². The minimum atomic E-state index is -0.353. The van der Waals surface area contributed by atoms with Crippen molar-refractivity contribution in [1.82, 2.24) is 0 Å². The average molecular weight is 385 g/mol. The van der Waals surface area contributed by atoms with Crippen LogP contribution in [0.3, 0.4) is 0 Å². The maximum absolute atomic E-state index is 12.0. The summed E-state index contributed by atoms with van der Waals surface area (Å²) >= 11 is 0. The summed E-state index contributed by atoms with van der Waals surface area (Å²) in [6.45, 7) is 7.37. The van der Waals surface area contributed by atoms with Gasteiger partial charge in [-0.2, -0.15) is 0 Å².